The van der Waals surface area contributed by atoms with Gasteiger partial charge < -0.3 is 9.88 Å². The van der Waals surface area contributed by atoms with E-state index in [9.17, 15) is 0 Å². The van der Waals surface area contributed by atoms with E-state index in [1.807, 2.05) is 36.8 Å². The smallest absolute Gasteiger partial charge is 0.224 e. The van der Waals surface area contributed by atoms with Crippen LogP contribution in [0.5, 0.6) is 0 Å². The fourth-order valence-electron chi connectivity index (χ4n) is 2.23. The minimum atomic E-state index is 0.273. The molecule has 3 aromatic rings. The molecule has 1 aromatic carbocycles. The van der Waals surface area contributed by atoms with Crippen molar-refractivity contribution in [1.29, 1.82) is 0 Å². The molecular formula is C15H16ClN5. The van der Waals surface area contributed by atoms with Gasteiger partial charge in [-0.1, -0.05) is 12.1 Å². The van der Waals surface area contributed by atoms with E-state index >= 15 is 0 Å². The van der Waals surface area contributed by atoms with Crippen molar-refractivity contribution in [2.75, 3.05) is 11.9 Å². The van der Waals surface area contributed by atoms with Crippen molar-refractivity contribution in [3.05, 3.63) is 48.3 Å². The second kappa shape index (κ2) is 6.54. The Balaban J connectivity index is 1.57. The minimum absolute atomic E-state index is 0.273. The molecule has 0 aliphatic heterocycles. The molecule has 0 radical (unpaired) electrons. The van der Waals surface area contributed by atoms with Gasteiger partial charge >= 0.3 is 0 Å². The maximum Gasteiger partial charge on any atom is 0.224 e. The van der Waals surface area contributed by atoms with E-state index in [1.165, 1.54) is 0 Å². The number of fused-ring (bicyclic) bond motifs is 1. The lowest BCUT2D eigenvalue weighted by Gasteiger charge is -2.09. The number of halogens is 1. The average molecular weight is 302 g/mol. The lowest BCUT2D eigenvalue weighted by Crippen LogP contribution is -2.06. The first-order chi connectivity index (χ1) is 10.3. The zero-order valence-corrected chi connectivity index (χ0v) is 12.3. The number of aromatic nitrogens is 4. The number of hydrogen-bond acceptors (Lipinski definition) is 4. The second-order valence-electron chi connectivity index (χ2n) is 4.79. The molecule has 6 heteroatoms. The Kier molecular flexibility index (Phi) is 4.31. The quantitative estimate of drug-likeness (QED) is 0.560. The van der Waals surface area contributed by atoms with Crippen LogP contribution in [-0.2, 0) is 6.54 Å². The largest absolute Gasteiger partial charge is 0.369 e. The predicted octanol–water partition coefficient (Wildman–Crippen LogP) is 3.37. The summed E-state index contributed by atoms with van der Waals surface area (Å²) < 4.78 is 2.08. The number of imidazole rings is 1. The minimum Gasteiger partial charge on any atom is -0.369 e. The molecule has 3 rings (SSSR count). The number of aryl methyl sites for hydroxylation is 1. The van der Waals surface area contributed by atoms with Crippen LogP contribution >= 0.6 is 11.6 Å². The molecule has 1 N–H and O–H groups in total. The molecule has 0 bridgehead atoms. The number of nitrogens with one attached hydrogen (secondary N) is 1. The van der Waals surface area contributed by atoms with E-state index in [0.717, 1.165) is 42.7 Å². The van der Waals surface area contributed by atoms with Crippen molar-refractivity contribution >= 4 is 28.3 Å². The Morgan fingerprint density at radius 2 is 2.05 bits per heavy atom. The lowest BCUT2D eigenvalue weighted by molar-refractivity contribution is 0.621. The molecule has 0 amide bonds. The summed E-state index contributed by atoms with van der Waals surface area (Å²) in [6.45, 7) is 1.83. The summed E-state index contributed by atoms with van der Waals surface area (Å²) in [5.74, 6) is 0.799. The molecule has 0 atom stereocenters. The van der Waals surface area contributed by atoms with E-state index < -0.39 is 0 Å². The third-order valence-corrected chi connectivity index (χ3v) is 3.44. The summed E-state index contributed by atoms with van der Waals surface area (Å²) in [6, 6.07) is 7.86. The third kappa shape index (κ3) is 3.49. The molecule has 0 saturated carbocycles. The fraction of sp³-hybridized carbons (Fsp3) is 0.267. The number of unbranched alkanes of at least 4 members (excludes halogenated alkanes) is 1. The third-order valence-electron chi connectivity index (χ3n) is 3.27. The number of anilines is 1. The van der Waals surface area contributed by atoms with Crippen LogP contribution in [0.3, 0.4) is 0 Å². The molecule has 0 saturated heterocycles. The number of benzene rings is 1. The standard InChI is InChI=1S/C15H16ClN5/c16-15-19-13-6-2-1-5-12(13)14(20-15)18-7-3-4-9-21-10-8-17-11-21/h1-2,5-6,8,10-11H,3-4,7,9H2,(H,18,19,20). The molecule has 2 aromatic heterocycles. The highest BCUT2D eigenvalue weighted by Gasteiger charge is 2.05. The molecule has 0 unspecified atom stereocenters. The predicted molar refractivity (Wildman–Crippen MR) is 84.5 cm³/mol. The SMILES string of the molecule is Clc1nc(NCCCCn2ccnc2)c2ccccc2n1. The molecule has 0 fully saturated rings. The molecule has 0 aliphatic rings. The topological polar surface area (TPSA) is 55.6 Å². The van der Waals surface area contributed by atoms with Crippen molar-refractivity contribution in [2.24, 2.45) is 0 Å². The monoisotopic (exact) mass is 301 g/mol. The fourth-order valence-corrected chi connectivity index (χ4v) is 2.40. The maximum atomic E-state index is 5.96. The van der Waals surface area contributed by atoms with Gasteiger partial charge in [0.1, 0.15) is 5.82 Å². The normalized spacial score (nSPS) is 10.9. The first-order valence-electron chi connectivity index (χ1n) is 6.95. The summed E-state index contributed by atoms with van der Waals surface area (Å²) in [5, 5.41) is 4.62. The Hall–Kier alpha value is -2.14. The van der Waals surface area contributed by atoms with E-state index in [4.69, 9.17) is 11.6 Å². The summed E-state index contributed by atoms with van der Waals surface area (Å²) in [5.41, 5.74) is 0.860. The highest BCUT2D eigenvalue weighted by Crippen LogP contribution is 2.21. The van der Waals surface area contributed by atoms with Gasteiger partial charge in [0.05, 0.1) is 11.8 Å². The van der Waals surface area contributed by atoms with Gasteiger partial charge in [-0.05, 0) is 36.6 Å². The molecule has 108 valence electrons. The molecular weight excluding hydrogens is 286 g/mol. The van der Waals surface area contributed by atoms with Crippen LogP contribution < -0.4 is 5.32 Å². The summed E-state index contributed by atoms with van der Waals surface area (Å²) in [4.78, 5) is 12.5. The number of hydrogen-bond donors (Lipinski definition) is 1. The second-order valence-corrected chi connectivity index (χ2v) is 5.13. The van der Waals surface area contributed by atoms with Gasteiger partial charge in [0.2, 0.25) is 5.28 Å². The van der Waals surface area contributed by atoms with Crippen molar-refractivity contribution < 1.29 is 0 Å². The van der Waals surface area contributed by atoms with Crippen LogP contribution in [0, 0.1) is 0 Å². The Morgan fingerprint density at radius 1 is 1.14 bits per heavy atom. The molecule has 21 heavy (non-hydrogen) atoms. The van der Waals surface area contributed by atoms with Crippen LogP contribution in [0.4, 0.5) is 5.82 Å². The first kappa shape index (κ1) is 13.8. The van der Waals surface area contributed by atoms with E-state index in [1.54, 1.807) is 6.20 Å². The van der Waals surface area contributed by atoms with E-state index in [0.29, 0.717) is 0 Å². The highest BCUT2D eigenvalue weighted by atomic mass is 35.5. The lowest BCUT2D eigenvalue weighted by atomic mass is 10.2. The van der Waals surface area contributed by atoms with Crippen molar-refractivity contribution in [3.8, 4) is 0 Å². The Labute approximate surface area is 128 Å². The van der Waals surface area contributed by atoms with Gasteiger partial charge in [0.25, 0.3) is 0 Å². The van der Waals surface area contributed by atoms with Crippen LogP contribution in [0.1, 0.15) is 12.8 Å². The summed E-state index contributed by atoms with van der Waals surface area (Å²) >= 11 is 5.96. The van der Waals surface area contributed by atoms with Gasteiger partial charge in [0.15, 0.2) is 0 Å². The van der Waals surface area contributed by atoms with Crippen LogP contribution in [0.2, 0.25) is 5.28 Å². The molecule has 0 spiro atoms. The van der Waals surface area contributed by atoms with Gasteiger partial charge in [0, 0.05) is 30.9 Å². The van der Waals surface area contributed by atoms with E-state index in [2.05, 4.69) is 24.8 Å². The van der Waals surface area contributed by atoms with E-state index in [-0.39, 0.29) is 5.28 Å². The maximum absolute atomic E-state index is 5.96. The molecule has 0 aliphatic carbocycles. The molecule has 2 heterocycles. The first-order valence-corrected chi connectivity index (χ1v) is 7.32. The van der Waals surface area contributed by atoms with Crippen LogP contribution in [0.15, 0.2) is 43.0 Å². The Bertz CT molecular complexity index is 711. The van der Waals surface area contributed by atoms with Crippen molar-refractivity contribution in [2.45, 2.75) is 19.4 Å². The van der Waals surface area contributed by atoms with Gasteiger partial charge in [-0.2, -0.15) is 0 Å². The summed E-state index contributed by atoms with van der Waals surface area (Å²) in [7, 11) is 0. The average Bonchev–Trinajstić information content (AvgIpc) is 3.00. The van der Waals surface area contributed by atoms with Crippen LogP contribution in [0.25, 0.3) is 10.9 Å². The zero-order valence-electron chi connectivity index (χ0n) is 11.5. The van der Waals surface area contributed by atoms with Gasteiger partial charge in [-0.3, -0.25) is 0 Å². The highest BCUT2D eigenvalue weighted by molar-refractivity contribution is 6.28. The number of nitrogens with zero attached hydrogens (tertiary/aromatic N) is 4. The Morgan fingerprint density at radius 3 is 2.90 bits per heavy atom. The van der Waals surface area contributed by atoms with Gasteiger partial charge in [-0.25, -0.2) is 15.0 Å². The zero-order chi connectivity index (χ0) is 14.5. The summed E-state index contributed by atoms with van der Waals surface area (Å²) in [6.07, 6.45) is 7.75. The van der Waals surface area contributed by atoms with Crippen molar-refractivity contribution in [3.63, 3.8) is 0 Å². The number of rotatable bonds is 6. The number of para-hydroxylation sites is 1. The van der Waals surface area contributed by atoms with Crippen LogP contribution in [-0.4, -0.2) is 26.1 Å². The molecule has 5 nitrogen and oxygen atoms in total. The van der Waals surface area contributed by atoms with Gasteiger partial charge in [-0.15, -0.1) is 0 Å². The van der Waals surface area contributed by atoms with Crippen molar-refractivity contribution in [1.82, 2.24) is 19.5 Å².